The van der Waals surface area contributed by atoms with Gasteiger partial charge in [0.05, 0.1) is 12.5 Å². The van der Waals surface area contributed by atoms with Crippen LogP contribution in [0.2, 0.25) is 0 Å². The minimum absolute atomic E-state index is 0.0312. The lowest BCUT2D eigenvalue weighted by atomic mass is 10.1. The van der Waals surface area contributed by atoms with E-state index >= 15 is 0 Å². The zero-order chi connectivity index (χ0) is 12.7. The maximum atomic E-state index is 11.5. The van der Waals surface area contributed by atoms with Gasteiger partial charge in [-0.2, -0.15) is 5.26 Å². The zero-order valence-electron chi connectivity index (χ0n) is 10.4. The van der Waals surface area contributed by atoms with Crippen LogP contribution in [0.25, 0.3) is 0 Å². The molecule has 1 atom stereocenters. The fourth-order valence-electron chi connectivity index (χ4n) is 1.92. The van der Waals surface area contributed by atoms with Gasteiger partial charge in [-0.1, -0.05) is 30.3 Å². The number of rotatable bonds is 5. The molecule has 17 heavy (non-hydrogen) atoms. The summed E-state index contributed by atoms with van der Waals surface area (Å²) in [6, 6.07) is 12.3. The smallest absolute Gasteiger partial charge is 0.219 e. The number of nitriles is 1. The first-order valence-electron chi connectivity index (χ1n) is 5.83. The van der Waals surface area contributed by atoms with E-state index in [1.807, 2.05) is 25.1 Å². The molecule has 0 aliphatic carbocycles. The van der Waals surface area contributed by atoms with Crippen molar-refractivity contribution in [2.45, 2.75) is 32.7 Å². The zero-order valence-corrected chi connectivity index (χ0v) is 10.4. The Morgan fingerprint density at radius 3 is 2.59 bits per heavy atom. The van der Waals surface area contributed by atoms with Crippen molar-refractivity contribution in [2.75, 3.05) is 6.54 Å². The second-order valence-corrected chi connectivity index (χ2v) is 4.16. The number of amides is 1. The summed E-state index contributed by atoms with van der Waals surface area (Å²) in [7, 11) is 0. The van der Waals surface area contributed by atoms with Crippen LogP contribution < -0.4 is 0 Å². The molecular formula is C14H18N2O. The van der Waals surface area contributed by atoms with Crippen LogP contribution in [-0.2, 0) is 11.2 Å². The molecule has 0 aliphatic heterocycles. The maximum absolute atomic E-state index is 11.5. The first-order valence-corrected chi connectivity index (χ1v) is 5.83. The van der Waals surface area contributed by atoms with Gasteiger partial charge in [-0.15, -0.1) is 0 Å². The van der Waals surface area contributed by atoms with Gasteiger partial charge in [0.15, 0.2) is 0 Å². The highest BCUT2D eigenvalue weighted by Crippen LogP contribution is 2.09. The van der Waals surface area contributed by atoms with Gasteiger partial charge in [-0.3, -0.25) is 4.79 Å². The first kappa shape index (κ1) is 13.2. The molecule has 1 aromatic carbocycles. The molecular weight excluding hydrogens is 212 g/mol. The summed E-state index contributed by atoms with van der Waals surface area (Å²) in [6.45, 7) is 4.09. The highest BCUT2D eigenvalue weighted by atomic mass is 16.2. The molecule has 0 aromatic heterocycles. The van der Waals surface area contributed by atoms with Crippen LogP contribution in [-0.4, -0.2) is 23.4 Å². The molecule has 3 nitrogen and oxygen atoms in total. The van der Waals surface area contributed by atoms with Crippen molar-refractivity contribution in [1.82, 2.24) is 4.90 Å². The molecule has 0 heterocycles. The lowest BCUT2D eigenvalue weighted by Gasteiger charge is -2.27. The van der Waals surface area contributed by atoms with E-state index in [4.69, 9.17) is 5.26 Å². The van der Waals surface area contributed by atoms with Crippen molar-refractivity contribution in [3.8, 4) is 6.07 Å². The predicted molar refractivity (Wildman–Crippen MR) is 67.2 cm³/mol. The van der Waals surface area contributed by atoms with Crippen LogP contribution >= 0.6 is 0 Å². The van der Waals surface area contributed by atoms with E-state index in [1.54, 1.807) is 11.8 Å². The van der Waals surface area contributed by atoms with Crippen LogP contribution in [0.15, 0.2) is 30.3 Å². The lowest BCUT2D eigenvalue weighted by Crippen LogP contribution is -2.39. The Kier molecular flexibility index (Phi) is 5.22. The summed E-state index contributed by atoms with van der Waals surface area (Å²) in [4.78, 5) is 13.3. The minimum atomic E-state index is 0.0312. The Morgan fingerprint density at radius 2 is 2.06 bits per heavy atom. The molecule has 0 bridgehead atoms. The van der Waals surface area contributed by atoms with Gasteiger partial charge >= 0.3 is 0 Å². The third-order valence-electron chi connectivity index (χ3n) is 2.77. The van der Waals surface area contributed by atoms with Crippen molar-refractivity contribution >= 4 is 5.91 Å². The Bertz CT molecular complexity index is 394. The van der Waals surface area contributed by atoms with Crippen molar-refractivity contribution in [3.63, 3.8) is 0 Å². The van der Waals surface area contributed by atoms with Crippen molar-refractivity contribution in [2.24, 2.45) is 0 Å². The molecule has 0 fully saturated rings. The van der Waals surface area contributed by atoms with Gasteiger partial charge in [0.25, 0.3) is 0 Å². The van der Waals surface area contributed by atoms with Crippen molar-refractivity contribution in [1.29, 1.82) is 5.26 Å². The largest absolute Gasteiger partial charge is 0.339 e. The predicted octanol–water partition coefficient (Wildman–Crippen LogP) is 2.38. The Morgan fingerprint density at radius 1 is 1.41 bits per heavy atom. The number of hydrogen-bond donors (Lipinski definition) is 0. The summed E-state index contributed by atoms with van der Waals surface area (Å²) >= 11 is 0. The standard InChI is InChI=1S/C14H18N2O/c1-12(11-14-7-4-3-5-8-14)16(13(2)17)10-6-9-15/h3-5,7-8,12H,6,10-11H2,1-2H3. The molecule has 0 spiro atoms. The third kappa shape index (κ3) is 4.28. The van der Waals surface area contributed by atoms with E-state index in [-0.39, 0.29) is 11.9 Å². The summed E-state index contributed by atoms with van der Waals surface area (Å²) in [5.41, 5.74) is 1.21. The average Bonchev–Trinajstić information content (AvgIpc) is 2.30. The fraction of sp³-hybridized carbons (Fsp3) is 0.429. The van der Waals surface area contributed by atoms with Crippen LogP contribution in [0.3, 0.4) is 0 Å². The second kappa shape index (κ2) is 6.70. The Hall–Kier alpha value is -1.82. The van der Waals surface area contributed by atoms with Gasteiger partial charge in [-0.25, -0.2) is 0 Å². The Balaban J connectivity index is 2.63. The van der Waals surface area contributed by atoms with E-state index in [1.165, 1.54) is 5.56 Å². The SMILES string of the molecule is CC(=O)N(CCC#N)C(C)Cc1ccccc1. The number of carbonyl (C=O) groups is 1. The minimum Gasteiger partial charge on any atom is -0.339 e. The number of hydrogen-bond acceptors (Lipinski definition) is 2. The van der Waals surface area contributed by atoms with E-state index in [0.29, 0.717) is 13.0 Å². The summed E-state index contributed by atoms with van der Waals surface area (Å²) in [5.74, 6) is 0.0312. The number of nitrogens with zero attached hydrogens (tertiary/aromatic N) is 2. The molecule has 1 aromatic rings. The van der Waals surface area contributed by atoms with Gasteiger partial charge in [0.2, 0.25) is 5.91 Å². The highest BCUT2D eigenvalue weighted by Gasteiger charge is 2.16. The van der Waals surface area contributed by atoms with E-state index in [2.05, 4.69) is 18.2 Å². The maximum Gasteiger partial charge on any atom is 0.219 e. The first-order chi connectivity index (χ1) is 8.15. The van der Waals surface area contributed by atoms with Crippen LogP contribution in [0, 0.1) is 11.3 Å². The molecule has 1 amide bonds. The molecule has 1 unspecified atom stereocenters. The Labute approximate surface area is 103 Å². The molecule has 0 saturated carbocycles. The van der Waals surface area contributed by atoms with Gasteiger partial charge < -0.3 is 4.90 Å². The lowest BCUT2D eigenvalue weighted by molar-refractivity contribution is -0.130. The number of benzene rings is 1. The van der Waals surface area contributed by atoms with E-state index < -0.39 is 0 Å². The monoisotopic (exact) mass is 230 g/mol. The van der Waals surface area contributed by atoms with E-state index in [0.717, 1.165) is 6.42 Å². The molecule has 3 heteroatoms. The fourth-order valence-corrected chi connectivity index (χ4v) is 1.92. The second-order valence-electron chi connectivity index (χ2n) is 4.16. The molecule has 90 valence electrons. The molecule has 0 N–H and O–H groups in total. The quantitative estimate of drug-likeness (QED) is 0.779. The molecule has 0 aliphatic rings. The van der Waals surface area contributed by atoms with Crippen molar-refractivity contribution < 1.29 is 4.79 Å². The summed E-state index contributed by atoms with van der Waals surface area (Å²) in [5, 5.41) is 8.58. The van der Waals surface area contributed by atoms with Crippen LogP contribution in [0.5, 0.6) is 0 Å². The van der Waals surface area contributed by atoms with Crippen LogP contribution in [0.1, 0.15) is 25.8 Å². The topological polar surface area (TPSA) is 44.1 Å². The van der Waals surface area contributed by atoms with Crippen molar-refractivity contribution in [3.05, 3.63) is 35.9 Å². The summed E-state index contributed by atoms with van der Waals surface area (Å²) < 4.78 is 0. The van der Waals surface area contributed by atoms with E-state index in [9.17, 15) is 4.79 Å². The van der Waals surface area contributed by atoms with Crippen LogP contribution in [0.4, 0.5) is 0 Å². The molecule has 1 rings (SSSR count). The highest BCUT2D eigenvalue weighted by molar-refractivity contribution is 5.73. The molecule has 0 saturated heterocycles. The number of carbonyl (C=O) groups excluding carboxylic acids is 1. The van der Waals surface area contributed by atoms with Gasteiger partial charge in [-0.05, 0) is 18.9 Å². The third-order valence-corrected chi connectivity index (χ3v) is 2.77. The van der Waals surface area contributed by atoms with Gasteiger partial charge in [0, 0.05) is 19.5 Å². The van der Waals surface area contributed by atoms with Gasteiger partial charge in [0.1, 0.15) is 0 Å². The normalized spacial score (nSPS) is 11.6. The average molecular weight is 230 g/mol. The molecule has 0 radical (unpaired) electrons. The summed E-state index contributed by atoms with van der Waals surface area (Å²) in [6.07, 6.45) is 1.21.